The SMILES string of the molecule is CCNC(=NCc1cccc(NC(=O)CC(C)C)c1)NCCCN1CCCCCC1=O.I. The topological polar surface area (TPSA) is 85.8 Å². The van der Waals surface area contributed by atoms with E-state index >= 15 is 0 Å². The lowest BCUT2D eigenvalue weighted by Gasteiger charge is -2.20. The lowest BCUT2D eigenvalue weighted by atomic mass is 10.1. The van der Waals surface area contributed by atoms with Crippen molar-refractivity contribution in [1.82, 2.24) is 15.5 Å². The lowest BCUT2D eigenvalue weighted by molar-refractivity contribution is -0.130. The minimum absolute atomic E-state index is 0. The Hall–Kier alpha value is -1.84. The number of benzene rings is 1. The summed E-state index contributed by atoms with van der Waals surface area (Å²) in [5.41, 5.74) is 1.84. The molecule has 0 saturated carbocycles. The fourth-order valence-corrected chi connectivity index (χ4v) is 3.59. The molecule has 2 rings (SSSR count). The number of rotatable bonds is 10. The van der Waals surface area contributed by atoms with Crippen LogP contribution in [0.4, 0.5) is 5.69 Å². The molecular weight excluding hydrogens is 517 g/mol. The Morgan fingerprint density at radius 1 is 1.19 bits per heavy atom. The molecule has 0 atom stereocenters. The van der Waals surface area contributed by atoms with Crippen LogP contribution in [0.3, 0.4) is 0 Å². The van der Waals surface area contributed by atoms with Crippen molar-refractivity contribution in [2.24, 2.45) is 10.9 Å². The second-order valence-electron chi connectivity index (χ2n) is 8.51. The fourth-order valence-electron chi connectivity index (χ4n) is 3.59. The van der Waals surface area contributed by atoms with Crippen molar-refractivity contribution in [1.29, 1.82) is 0 Å². The Bertz CT molecular complexity index is 739. The third kappa shape index (κ3) is 11.2. The van der Waals surface area contributed by atoms with E-state index in [1.807, 2.05) is 49.9 Å². The number of halogens is 1. The molecule has 8 heteroatoms. The molecule has 1 heterocycles. The number of guanidine groups is 1. The highest BCUT2D eigenvalue weighted by molar-refractivity contribution is 14.0. The van der Waals surface area contributed by atoms with Crippen LogP contribution in [0.5, 0.6) is 0 Å². The Morgan fingerprint density at radius 3 is 2.75 bits per heavy atom. The van der Waals surface area contributed by atoms with E-state index in [1.165, 1.54) is 0 Å². The first-order chi connectivity index (χ1) is 15.0. The van der Waals surface area contributed by atoms with Crippen LogP contribution in [0.25, 0.3) is 0 Å². The maximum absolute atomic E-state index is 12.1. The molecule has 0 aliphatic carbocycles. The molecule has 0 radical (unpaired) electrons. The maximum Gasteiger partial charge on any atom is 0.224 e. The molecule has 1 aromatic carbocycles. The molecule has 0 bridgehead atoms. The van der Waals surface area contributed by atoms with Gasteiger partial charge in [-0.15, -0.1) is 24.0 Å². The first kappa shape index (κ1) is 28.2. The molecule has 180 valence electrons. The summed E-state index contributed by atoms with van der Waals surface area (Å²) in [7, 11) is 0. The van der Waals surface area contributed by atoms with Crippen LogP contribution < -0.4 is 16.0 Å². The molecule has 3 N–H and O–H groups in total. The van der Waals surface area contributed by atoms with Gasteiger partial charge < -0.3 is 20.9 Å². The maximum atomic E-state index is 12.1. The van der Waals surface area contributed by atoms with E-state index in [9.17, 15) is 9.59 Å². The molecule has 1 aromatic rings. The molecule has 32 heavy (non-hydrogen) atoms. The quantitative estimate of drug-likeness (QED) is 0.175. The summed E-state index contributed by atoms with van der Waals surface area (Å²) in [5.74, 6) is 1.42. The third-order valence-corrected chi connectivity index (χ3v) is 5.14. The summed E-state index contributed by atoms with van der Waals surface area (Å²) >= 11 is 0. The minimum Gasteiger partial charge on any atom is -0.357 e. The Balaban J connectivity index is 0.00000512. The van der Waals surface area contributed by atoms with Gasteiger partial charge in [0.1, 0.15) is 0 Å². The van der Waals surface area contributed by atoms with Gasteiger partial charge >= 0.3 is 0 Å². The van der Waals surface area contributed by atoms with Gasteiger partial charge in [0.15, 0.2) is 5.96 Å². The summed E-state index contributed by atoms with van der Waals surface area (Å²) in [4.78, 5) is 30.8. The van der Waals surface area contributed by atoms with Gasteiger partial charge in [0.25, 0.3) is 0 Å². The van der Waals surface area contributed by atoms with Crippen LogP contribution in [0.2, 0.25) is 0 Å². The van der Waals surface area contributed by atoms with E-state index in [4.69, 9.17) is 0 Å². The van der Waals surface area contributed by atoms with Crippen LogP contribution in [0.1, 0.15) is 64.9 Å². The highest BCUT2D eigenvalue weighted by Crippen LogP contribution is 2.13. The number of nitrogens with one attached hydrogen (secondary N) is 3. The van der Waals surface area contributed by atoms with Crippen molar-refractivity contribution < 1.29 is 9.59 Å². The summed E-state index contributed by atoms with van der Waals surface area (Å²) in [6, 6.07) is 7.82. The van der Waals surface area contributed by atoms with E-state index in [0.29, 0.717) is 31.2 Å². The van der Waals surface area contributed by atoms with Gasteiger partial charge in [0.05, 0.1) is 6.54 Å². The van der Waals surface area contributed by atoms with Gasteiger partial charge in [-0.25, -0.2) is 4.99 Å². The zero-order valence-electron chi connectivity index (χ0n) is 19.8. The third-order valence-electron chi connectivity index (χ3n) is 5.14. The molecular formula is C24H40IN5O2. The van der Waals surface area contributed by atoms with Crippen molar-refractivity contribution in [2.75, 3.05) is 31.5 Å². The Labute approximate surface area is 210 Å². The number of likely N-dealkylation sites (tertiary alicyclic amines) is 1. The molecule has 1 aliphatic heterocycles. The first-order valence-corrected chi connectivity index (χ1v) is 11.7. The molecule has 0 unspecified atom stereocenters. The predicted octanol–water partition coefficient (Wildman–Crippen LogP) is 4.14. The standard InChI is InChI=1S/C24H39N5O2.HI/c1-4-25-24(26-13-9-15-29-14-7-5-6-12-23(29)31)27-18-20-10-8-11-21(17-20)28-22(30)16-19(2)3;/h8,10-11,17,19H,4-7,9,12-16,18H2,1-3H3,(H,28,30)(H2,25,26,27);1H. The van der Waals surface area contributed by atoms with Crippen LogP contribution >= 0.6 is 24.0 Å². The van der Waals surface area contributed by atoms with E-state index in [-0.39, 0.29) is 29.9 Å². The molecule has 1 aliphatic rings. The lowest BCUT2D eigenvalue weighted by Crippen LogP contribution is -2.39. The van der Waals surface area contributed by atoms with Crippen molar-refractivity contribution in [2.45, 2.75) is 65.8 Å². The van der Waals surface area contributed by atoms with Gasteiger partial charge in [0, 0.05) is 44.7 Å². The van der Waals surface area contributed by atoms with Crippen LogP contribution in [-0.2, 0) is 16.1 Å². The van der Waals surface area contributed by atoms with E-state index in [2.05, 4.69) is 20.9 Å². The second kappa shape index (κ2) is 15.9. The van der Waals surface area contributed by atoms with Crippen LogP contribution in [0.15, 0.2) is 29.3 Å². The summed E-state index contributed by atoms with van der Waals surface area (Å²) in [6.45, 7) is 9.85. The average Bonchev–Trinajstić information content (AvgIpc) is 2.93. The van der Waals surface area contributed by atoms with E-state index in [0.717, 1.165) is 69.1 Å². The number of aliphatic imine (C=N–C) groups is 1. The smallest absolute Gasteiger partial charge is 0.224 e. The molecule has 7 nitrogen and oxygen atoms in total. The number of anilines is 1. The molecule has 2 amide bonds. The number of nitrogens with zero attached hydrogens (tertiary/aromatic N) is 2. The number of hydrogen-bond donors (Lipinski definition) is 3. The highest BCUT2D eigenvalue weighted by atomic mass is 127. The zero-order chi connectivity index (χ0) is 22.5. The van der Waals surface area contributed by atoms with Gasteiger partial charge in [0.2, 0.25) is 11.8 Å². The average molecular weight is 558 g/mol. The van der Waals surface area contributed by atoms with Crippen molar-refractivity contribution in [3.63, 3.8) is 0 Å². The minimum atomic E-state index is 0. The van der Waals surface area contributed by atoms with Gasteiger partial charge in [-0.1, -0.05) is 32.4 Å². The van der Waals surface area contributed by atoms with E-state index < -0.39 is 0 Å². The number of carbonyl (C=O) groups is 2. The fraction of sp³-hybridized carbons (Fsp3) is 0.625. The largest absolute Gasteiger partial charge is 0.357 e. The summed E-state index contributed by atoms with van der Waals surface area (Å²) in [6.07, 6.45) is 5.38. The molecule has 1 saturated heterocycles. The number of carbonyl (C=O) groups excluding carboxylic acids is 2. The first-order valence-electron chi connectivity index (χ1n) is 11.7. The molecule has 0 spiro atoms. The summed E-state index contributed by atoms with van der Waals surface area (Å²) < 4.78 is 0. The molecule has 1 fully saturated rings. The van der Waals surface area contributed by atoms with Crippen molar-refractivity contribution in [3.8, 4) is 0 Å². The molecule has 0 aromatic heterocycles. The normalized spacial score (nSPS) is 14.6. The monoisotopic (exact) mass is 557 g/mol. The number of amides is 2. The Kier molecular flexibility index (Phi) is 14.0. The van der Waals surface area contributed by atoms with Crippen LogP contribution in [0, 0.1) is 5.92 Å². The van der Waals surface area contributed by atoms with Gasteiger partial charge in [-0.05, 0) is 49.8 Å². The highest BCUT2D eigenvalue weighted by Gasteiger charge is 2.15. The second-order valence-corrected chi connectivity index (χ2v) is 8.51. The number of hydrogen-bond acceptors (Lipinski definition) is 3. The van der Waals surface area contributed by atoms with E-state index in [1.54, 1.807) is 0 Å². The van der Waals surface area contributed by atoms with Crippen molar-refractivity contribution in [3.05, 3.63) is 29.8 Å². The Morgan fingerprint density at radius 2 is 2.00 bits per heavy atom. The van der Waals surface area contributed by atoms with Gasteiger partial charge in [-0.3, -0.25) is 9.59 Å². The summed E-state index contributed by atoms with van der Waals surface area (Å²) in [5, 5.41) is 9.58. The van der Waals surface area contributed by atoms with Crippen molar-refractivity contribution >= 4 is 47.4 Å². The van der Waals surface area contributed by atoms with Gasteiger partial charge in [-0.2, -0.15) is 0 Å². The predicted molar refractivity (Wildman–Crippen MR) is 142 cm³/mol. The zero-order valence-corrected chi connectivity index (χ0v) is 22.1. The van der Waals surface area contributed by atoms with Crippen LogP contribution in [-0.4, -0.2) is 48.9 Å².